The van der Waals surface area contributed by atoms with Crippen molar-refractivity contribution in [3.63, 3.8) is 0 Å². The maximum atomic E-state index is 6.16. The third-order valence-electron chi connectivity index (χ3n) is 6.49. The van der Waals surface area contributed by atoms with Gasteiger partial charge in [0.05, 0.1) is 11.3 Å². The van der Waals surface area contributed by atoms with E-state index in [0.717, 1.165) is 12.8 Å². The fourth-order valence-corrected chi connectivity index (χ4v) is 4.64. The quantitative estimate of drug-likeness (QED) is 0.507. The molecule has 0 spiro atoms. The molecule has 0 aromatic heterocycles. The summed E-state index contributed by atoms with van der Waals surface area (Å²) in [4.78, 5) is 0. The Bertz CT molecular complexity index is 944. The molecule has 0 saturated carbocycles. The number of allylic oxidation sites excluding steroid dienone is 4. The number of hydrogen-bond acceptors (Lipinski definition) is 4. The van der Waals surface area contributed by atoms with E-state index in [1.807, 2.05) is 12.2 Å². The molecule has 32 heavy (non-hydrogen) atoms. The summed E-state index contributed by atoms with van der Waals surface area (Å²) in [5, 5.41) is 0. The first kappa shape index (κ1) is 22.4. The van der Waals surface area contributed by atoms with E-state index in [-0.39, 0.29) is 11.8 Å². The van der Waals surface area contributed by atoms with E-state index in [9.17, 15) is 0 Å². The fraction of sp³-hybridized carbons (Fsp3) is 0.286. The second kappa shape index (κ2) is 9.39. The summed E-state index contributed by atoms with van der Waals surface area (Å²) in [7, 11) is 0. The Morgan fingerprint density at radius 2 is 0.969 bits per heavy atom. The highest BCUT2D eigenvalue weighted by molar-refractivity contribution is 5.39. The Morgan fingerprint density at radius 3 is 1.28 bits per heavy atom. The molecule has 4 rings (SSSR count). The number of hydrogen-bond donors (Lipinski definition) is 4. The molecule has 2 aromatic carbocycles. The van der Waals surface area contributed by atoms with Crippen molar-refractivity contribution in [1.29, 1.82) is 0 Å². The Kier molecular flexibility index (Phi) is 6.58. The molecular formula is C28H34N4. The summed E-state index contributed by atoms with van der Waals surface area (Å²) in [6.07, 6.45) is 15.7. The summed E-state index contributed by atoms with van der Waals surface area (Å²) >= 11 is 0. The van der Waals surface area contributed by atoms with Crippen LogP contribution in [0, 0.1) is 11.8 Å². The molecule has 0 amide bonds. The summed E-state index contributed by atoms with van der Waals surface area (Å²) in [6.45, 7) is 0. The van der Waals surface area contributed by atoms with Gasteiger partial charge in [-0.2, -0.15) is 0 Å². The number of rotatable bonds is 7. The summed E-state index contributed by atoms with van der Waals surface area (Å²) < 4.78 is 0. The van der Waals surface area contributed by atoms with Crippen LogP contribution < -0.4 is 22.9 Å². The maximum absolute atomic E-state index is 6.16. The molecule has 166 valence electrons. The third kappa shape index (κ3) is 5.72. The van der Waals surface area contributed by atoms with Gasteiger partial charge in [-0.25, -0.2) is 0 Å². The van der Waals surface area contributed by atoms with Gasteiger partial charge >= 0.3 is 0 Å². The van der Waals surface area contributed by atoms with Crippen molar-refractivity contribution in [3.05, 3.63) is 119 Å². The van der Waals surface area contributed by atoms with Gasteiger partial charge in [0.15, 0.2) is 0 Å². The van der Waals surface area contributed by atoms with Gasteiger partial charge in [-0.3, -0.25) is 0 Å². The van der Waals surface area contributed by atoms with Crippen LogP contribution in [0.5, 0.6) is 0 Å². The van der Waals surface area contributed by atoms with Crippen LogP contribution >= 0.6 is 0 Å². The Hall–Kier alpha value is -2.76. The molecule has 2 aliphatic carbocycles. The molecule has 0 aliphatic heterocycles. The highest BCUT2D eigenvalue weighted by Gasteiger charge is 2.31. The minimum absolute atomic E-state index is 0.268. The van der Waals surface area contributed by atoms with Crippen LogP contribution in [0.25, 0.3) is 0 Å². The molecule has 8 N–H and O–H groups in total. The van der Waals surface area contributed by atoms with Crippen molar-refractivity contribution < 1.29 is 0 Å². The molecule has 0 fully saturated rings. The van der Waals surface area contributed by atoms with Crippen LogP contribution in [0.2, 0.25) is 0 Å². The lowest BCUT2D eigenvalue weighted by Gasteiger charge is -2.35. The minimum Gasteiger partial charge on any atom is -0.310 e. The monoisotopic (exact) mass is 426 g/mol. The predicted molar refractivity (Wildman–Crippen MR) is 133 cm³/mol. The zero-order valence-corrected chi connectivity index (χ0v) is 18.5. The van der Waals surface area contributed by atoms with Crippen LogP contribution in [-0.2, 0) is 12.8 Å². The van der Waals surface area contributed by atoms with Gasteiger partial charge in [0.2, 0.25) is 0 Å². The normalized spacial score (nSPS) is 20.9. The van der Waals surface area contributed by atoms with Gasteiger partial charge in [-0.05, 0) is 59.1 Å². The van der Waals surface area contributed by atoms with Crippen LogP contribution in [0.3, 0.4) is 0 Å². The second-order valence-corrected chi connectivity index (χ2v) is 9.30. The molecule has 4 nitrogen and oxygen atoms in total. The van der Waals surface area contributed by atoms with Crippen molar-refractivity contribution in [2.24, 2.45) is 34.8 Å². The highest BCUT2D eigenvalue weighted by atomic mass is 14.9. The molecule has 2 aromatic rings. The Morgan fingerprint density at radius 1 is 0.594 bits per heavy atom. The highest BCUT2D eigenvalue weighted by Crippen LogP contribution is 2.38. The van der Waals surface area contributed by atoms with E-state index in [4.69, 9.17) is 22.9 Å². The first-order valence-corrected chi connectivity index (χ1v) is 11.3. The molecule has 0 saturated heterocycles. The van der Waals surface area contributed by atoms with Crippen molar-refractivity contribution in [2.45, 2.75) is 37.0 Å². The molecule has 2 unspecified atom stereocenters. The van der Waals surface area contributed by atoms with Crippen molar-refractivity contribution in [1.82, 2.24) is 0 Å². The standard InChI is InChI=1S/C28H34N4/c29-27(30)15-11-23(12-16-27)25(19-21-7-3-1-4-8-21)26(20-22-9-5-2-6-10-22)24-13-17-28(31,32)18-14-24/h1-15,17,25-26H,16,18-20,29-32H2. The zero-order valence-electron chi connectivity index (χ0n) is 18.5. The average molecular weight is 427 g/mol. The average Bonchev–Trinajstić information content (AvgIpc) is 2.78. The molecule has 2 aliphatic rings. The number of benzene rings is 2. The van der Waals surface area contributed by atoms with E-state index in [1.54, 1.807) is 0 Å². The summed E-state index contributed by atoms with van der Waals surface area (Å²) in [6, 6.07) is 21.3. The van der Waals surface area contributed by atoms with E-state index in [2.05, 4.69) is 85.0 Å². The minimum atomic E-state index is -0.779. The summed E-state index contributed by atoms with van der Waals surface area (Å²) in [5.41, 5.74) is 28.3. The molecular weight excluding hydrogens is 392 g/mol. The van der Waals surface area contributed by atoms with E-state index < -0.39 is 11.3 Å². The molecule has 0 heterocycles. The largest absolute Gasteiger partial charge is 0.310 e. The SMILES string of the molecule is NC1(N)C=CC(C(Cc2ccccc2)C(Cc2ccccc2)C2=CCC(N)(N)C=C2)=CC1. The molecule has 0 radical (unpaired) electrons. The molecule has 2 atom stereocenters. The second-order valence-electron chi connectivity index (χ2n) is 9.30. The van der Waals surface area contributed by atoms with Gasteiger partial charge < -0.3 is 22.9 Å². The third-order valence-corrected chi connectivity index (χ3v) is 6.49. The van der Waals surface area contributed by atoms with Gasteiger partial charge in [0, 0.05) is 12.8 Å². The Balaban J connectivity index is 1.73. The van der Waals surface area contributed by atoms with Crippen LogP contribution in [0.1, 0.15) is 24.0 Å². The van der Waals surface area contributed by atoms with Crippen molar-refractivity contribution in [2.75, 3.05) is 0 Å². The van der Waals surface area contributed by atoms with Gasteiger partial charge in [0.1, 0.15) is 0 Å². The van der Waals surface area contributed by atoms with E-state index >= 15 is 0 Å². The summed E-state index contributed by atoms with van der Waals surface area (Å²) in [5.74, 6) is 0.535. The lowest BCUT2D eigenvalue weighted by molar-refractivity contribution is 0.424. The fourth-order valence-electron chi connectivity index (χ4n) is 4.64. The predicted octanol–water partition coefficient (Wildman–Crippen LogP) is 3.70. The first-order valence-electron chi connectivity index (χ1n) is 11.3. The lowest BCUT2D eigenvalue weighted by atomic mass is 9.71. The van der Waals surface area contributed by atoms with Gasteiger partial charge in [0.25, 0.3) is 0 Å². The maximum Gasteiger partial charge on any atom is 0.0867 e. The van der Waals surface area contributed by atoms with Gasteiger partial charge in [-0.1, -0.05) is 85.0 Å². The van der Waals surface area contributed by atoms with Crippen molar-refractivity contribution >= 4 is 0 Å². The van der Waals surface area contributed by atoms with Crippen LogP contribution in [-0.4, -0.2) is 11.3 Å². The van der Waals surface area contributed by atoms with Gasteiger partial charge in [-0.15, -0.1) is 0 Å². The Labute approximate surface area is 191 Å². The van der Waals surface area contributed by atoms with Crippen LogP contribution in [0.15, 0.2) is 108 Å². The van der Waals surface area contributed by atoms with Crippen LogP contribution in [0.4, 0.5) is 0 Å². The van der Waals surface area contributed by atoms with E-state index in [0.29, 0.717) is 12.8 Å². The van der Waals surface area contributed by atoms with Crippen molar-refractivity contribution in [3.8, 4) is 0 Å². The lowest BCUT2D eigenvalue weighted by Crippen LogP contribution is -2.48. The zero-order chi connectivity index (χ0) is 22.6. The first-order chi connectivity index (χ1) is 15.3. The topological polar surface area (TPSA) is 104 Å². The molecule has 4 heteroatoms. The smallest absolute Gasteiger partial charge is 0.0867 e. The molecule has 0 bridgehead atoms. The van der Waals surface area contributed by atoms with E-state index in [1.165, 1.54) is 22.3 Å². The number of nitrogens with two attached hydrogens (primary N) is 4.